The molecule has 6 nitrogen and oxygen atoms in total. The van der Waals surface area contributed by atoms with E-state index in [9.17, 15) is 0 Å². The Bertz CT molecular complexity index is 1530. The number of rotatable bonds is 13. The number of ether oxygens (including phenoxy) is 4. The van der Waals surface area contributed by atoms with Gasteiger partial charge in [-0.05, 0) is 76.8 Å². The van der Waals surface area contributed by atoms with Crippen LogP contribution in [0.15, 0.2) is 60.0 Å². The molecule has 4 heterocycles. The maximum absolute atomic E-state index is 6.50. The van der Waals surface area contributed by atoms with Crippen molar-refractivity contribution in [1.29, 1.82) is 0 Å². The first kappa shape index (κ1) is 30.2. The molecule has 1 unspecified atom stereocenters. The van der Waals surface area contributed by atoms with Gasteiger partial charge in [0.1, 0.15) is 54.1 Å². The summed E-state index contributed by atoms with van der Waals surface area (Å²) >= 11 is 0. The fourth-order valence-electron chi connectivity index (χ4n) is 6.36. The van der Waals surface area contributed by atoms with Gasteiger partial charge in [0.25, 0.3) is 0 Å². The van der Waals surface area contributed by atoms with Crippen LogP contribution in [-0.2, 0) is 6.42 Å². The van der Waals surface area contributed by atoms with Crippen LogP contribution in [0.4, 0.5) is 0 Å². The van der Waals surface area contributed by atoms with Gasteiger partial charge in [-0.3, -0.25) is 0 Å². The molecule has 232 valence electrons. The van der Waals surface area contributed by atoms with E-state index in [1.54, 1.807) is 0 Å². The van der Waals surface area contributed by atoms with Crippen LogP contribution >= 0.6 is 0 Å². The minimum atomic E-state index is -0.306. The summed E-state index contributed by atoms with van der Waals surface area (Å²) in [5.41, 5.74) is 6.00. The van der Waals surface area contributed by atoms with Crippen LogP contribution in [0.3, 0.4) is 0 Å². The summed E-state index contributed by atoms with van der Waals surface area (Å²) in [5, 5.41) is 0. The van der Waals surface area contributed by atoms with Crippen LogP contribution in [-0.4, -0.2) is 60.1 Å². The monoisotopic (exact) mass is 596 g/mol. The van der Waals surface area contributed by atoms with E-state index in [0.717, 1.165) is 86.6 Å². The van der Waals surface area contributed by atoms with Gasteiger partial charge in [0.15, 0.2) is 12.4 Å². The van der Waals surface area contributed by atoms with Gasteiger partial charge in [-0.1, -0.05) is 12.1 Å². The van der Waals surface area contributed by atoms with Crippen LogP contribution in [0.25, 0.3) is 6.08 Å². The van der Waals surface area contributed by atoms with Crippen LogP contribution in [0.1, 0.15) is 88.8 Å². The molecule has 6 rings (SSSR count). The van der Waals surface area contributed by atoms with E-state index in [2.05, 4.69) is 104 Å². The Labute approximate surface area is 263 Å². The first-order valence-electron chi connectivity index (χ1n) is 16.4. The van der Waals surface area contributed by atoms with Gasteiger partial charge in [0.2, 0.25) is 0 Å². The van der Waals surface area contributed by atoms with Crippen LogP contribution < -0.4 is 18.9 Å². The van der Waals surface area contributed by atoms with Gasteiger partial charge in [-0.15, -0.1) is 0 Å². The average Bonchev–Trinajstić information content (AvgIpc) is 3.62. The number of fused-ring (bicyclic) bond motifs is 3. The molecule has 0 amide bonds. The summed E-state index contributed by atoms with van der Waals surface area (Å²) in [6, 6.07) is 10.6. The molecule has 0 radical (unpaired) electrons. The number of hydrogen-bond donors (Lipinski definition) is 0. The van der Waals surface area contributed by atoms with Gasteiger partial charge >= 0.3 is 0 Å². The highest BCUT2D eigenvalue weighted by Crippen LogP contribution is 2.44. The molecule has 4 aliphatic rings. The molecule has 2 aromatic carbocycles. The SMILES string of the molecule is CC1=C[N+](CCCCOc2ccc(C3COc4c(ccc5c4C=CC(C)(C)O5)C3)c(OCCCC[N+]3=CCC(C)=C3)c2)=CC1. The zero-order chi connectivity index (χ0) is 30.5. The van der Waals surface area contributed by atoms with Crippen molar-refractivity contribution in [3.05, 3.63) is 76.6 Å². The molecule has 0 saturated carbocycles. The first-order valence-corrected chi connectivity index (χ1v) is 16.4. The van der Waals surface area contributed by atoms with E-state index in [-0.39, 0.29) is 11.5 Å². The third-order valence-electron chi connectivity index (χ3n) is 8.80. The highest BCUT2D eigenvalue weighted by Gasteiger charge is 2.30. The summed E-state index contributed by atoms with van der Waals surface area (Å²) in [6.07, 6.45) is 20.6. The maximum Gasteiger partial charge on any atom is 0.167 e. The minimum absolute atomic E-state index is 0.204. The van der Waals surface area contributed by atoms with Crippen molar-refractivity contribution in [2.45, 2.75) is 84.2 Å². The molecule has 44 heavy (non-hydrogen) atoms. The number of hydrogen-bond acceptors (Lipinski definition) is 4. The quantitative estimate of drug-likeness (QED) is 0.176. The van der Waals surface area contributed by atoms with Crippen molar-refractivity contribution in [2.75, 3.05) is 32.9 Å². The Balaban J connectivity index is 1.10. The smallest absolute Gasteiger partial charge is 0.167 e. The Morgan fingerprint density at radius 1 is 0.864 bits per heavy atom. The molecule has 6 heteroatoms. The molecule has 0 bridgehead atoms. The summed E-state index contributed by atoms with van der Waals surface area (Å²) in [7, 11) is 0. The van der Waals surface area contributed by atoms with Crippen molar-refractivity contribution < 1.29 is 28.1 Å². The van der Waals surface area contributed by atoms with Gasteiger partial charge in [-0.2, -0.15) is 0 Å². The third-order valence-corrected chi connectivity index (χ3v) is 8.80. The molecular formula is C38H48N2O4+2. The van der Waals surface area contributed by atoms with Gasteiger partial charge < -0.3 is 18.9 Å². The van der Waals surface area contributed by atoms with Crippen molar-refractivity contribution in [3.63, 3.8) is 0 Å². The van der Waals surface area contributed by atoms with Crippen molar-refractivity contribution >= 4 is 18.5 Å². The minimum Gasteiger partial charge on any atom is -0.493 e. The highest BCUT2D eigenvalue weighted by molar-refractivity contribution is 5.69. The second kappa shape index (κ2) is 13.5. The number of nitrogens with zero attached hydrogens (tertiary/aromatic N) is 2. The molecule has 1 atom stereocenters. The first-order chi connectivity index (χ1) is 21.3. The fourth-order valence-corrected chi connectivity index (χ4v) is 6.36. The molecular weight excluding hydrogens is 548 g/mol. The lowest BCUT2D eigenvalue weighted by Crippen LogP contribution is -2.28. The van der Waals surface area contributed by atoms with Crippen molar-refractivity contribution in [1.82, 2.24) is 0 Å². The van der Waals surface area contributed by atoms with E-state index in [4.69, 9.17) is 18.9 Å². The van der Waals surface area contributed by atoms with E-state index in [0.29, 0.717) is 19.8 Å². The Morgan fingerprint density at radius 2 is 1.57 bits per heavy atom. The molecule has 0 N–H and O–H groups in total. The Kier molecular flexibility index (Phi) is 9.25. The van der Waals surface area contributed by atoms with E-state index in [1.165, 1.54) is 22.3 Å². The number of benzene rings is 2. The molecule has 4 aliphatic heterocycles. The third kappa shape index (κ3) is 7.46. The standard InChI is InChI=1S/C38H48N2O4/c1-28-14-19-39(25-28)17-5-7-21-41-32-10-11-33(36(24-32)42-22-8-6-18-40-20-15-29(2)26-40)31-23-30-9-12-35-34(37(30)43-27-31)13-16-38(3,4)44-35/h9-13,16,19-20,24-26,31H,5-8,14-15,17-18,21-23,27H2,1-4H3/q+2. The topological polar surface area (TPSA) is 42.9 Å². The summed E-state index contributed by atoms with van der Waals surface area (Å²) in [4.78, 5) is 0. The Hall–Kier alpha value is -3.80. The predicted molar refractivity (Wildman–Crippen MR) is 177 cm³/mol. The van der Waals surface area contributed by atoms with Crippen molar-refractivity contribution in [2.24, 2.45) is 0 Å². The number of allylic oxidation sites excluding steroid dienone is 2. The van der Waals surface area contributed by atoms with E-state index < -0.39 is 0 Å². The Morgan fingerprint density at radius 3 is 2.25 bits per heavy atom. The lowest BCUT2D eigenvalue weighted by molar-refractivity contribution is -0.450. The normalized spacial score (nSPS) is 19.6. The molecule has 2 aromatic rings. The molecule has 0 saturated heterocycles. The maximum atomic E-state index is 6.50. The average molecular weight is 597 g/mol. The second-order valence-electron chi connectivity index (χ2n) is 13.2. The van der Waals surface area contributed by atoms with Gasteiger partial charge in [0.05, 0.1) is 38.2 Å². The summed E-state index contributed by atoms with van der Waals surface area (Å²) in [5.74, 6) is 3.83. The highest BCUT2D eigenvalue weighted by atomic mass is 16.5. The molecule has 0 spiro atoms. The van der Waals surface area contributed by atoms with Crippen LogP contribution in [0.2, 0.25) is 0 Å². The van der Waals surface area contributed by atoms with Crippen LogP contribution in [0, 0.1) is 0 Å². The summed E-state index contributed by atoms with van der Waals surface area (Å²) in [6.45, 7) is 12.6. The molecule has 0 aromatic heterocycles. The van der Waals surface area contributed by atoms with Crippen LogP contribution in [0.5, 0.6) is 23.0 Å². The van der Waals surface area contributed by atoms with Gasteiger partial charge in [0, 0.05) is 41.5 Å². The van der Waals surface area contributed by atoms with E-state index in [1.807, 2.05) is 0 Å². The molecule has 0 fully saturated rings. The lowest BCUT2D eigenvalue weighted by atomic mass is 9.88. The van der Waals surface area contributed by atoms with Crippen molar-refractivity contribution in [3.8, 4) is 23.0 Å². The second-order valence-corrected chi connectivity index (χ2v) is 13.2. The predicted octanol–water partition coefficient (Wildman–Crippen LogP) is 7.69. The zero-order valence-electron chi connectivity index (χ0n) is 26.9. The fraction of sp³-hybridized carbons (Fsp3) is 0.474. The van der Waals surface area contributed by atoms with E-state index >= 15 is 0 Å². The molecule has 0 aliphatic carbocycles. The lowest BCUT2D eigenvalue weighted by Gasteiger charge is -2.32. The zero-order valence-corrected chi connectivity index (χ0v) is 26.9. The number of unbranched alkanes of at least 4 members (excludes halogenated alkanes) is 2. The largest absolute Gasteiger partial charge is 0.493 e. The van der Waals surface area contributed by atoms with Gasteiger partial charge in [-0.25, -0.2) is 9.15 Å². The summed E-state index contributed by atoms with van der Waals surface area (Å²) < 4.78 is 30.0.